The second-order valence-corrected chi connectivity index (χ2v) is 5.30. The first-order valence-electron chi connectivity index (χ1n) is 6.52. The zero-order chi connectivity index (χ0) is 11.7. The van der Waals surface area contributed by atoms with Crippen LogP contribution in [0.5, 0.6) is 0 Å². The molecule has 3 rings (SSSR count). The highest BCUT2D eigenvalue weighted by Gasteiger charge is 2.26. The molecule has 0 N–H and O–H groups in total. The predicted octanol–water partition coefficient (Wildman–Crippen LogP) is 2.00. The summed E-state index contributed by atoms with van der Waals surface area (Å²) in [5, 5.41) is 0. The van der Waals surface area contributed by atoms with E-state index in [2.05, 4.69) is 9.88 Å². The smallest absolute Gasteiger partial charge is 0.0730 e. The van der Waals surface area contributed by atoms with Gasteiger partial charge >= 0.3 is 0 Å². The Kier molecular flexibility index (Phi) is 3.12. The number of fused-ring (bicyclic) bond motifs is 1. The van der Waals surface area contributed by atoms with Crippen LogP contribution in [0.3, 0.4) is 0 Å². The second-order valence-electron chi connectivity index (χ2n) is 5.30. The van der Waals surface area contributed by atoms with Gasteiger partial charge in [0.25, 0.3) is 0 Å². The molecule has 0 saturated heterocycles. The lowest BCUT2D eigenvalue weighted by Gasteiger charge is -2.29. The maximum atomic E-state index is 5.24. The quantitative estimate of drug-likeness (QED) is 0.794. The fraction of sp³-hybridized carbons (Fsp3) is 0.643. The molecule has 1 aliphatic heterocycles. The molecule has 1 aromatic rings. The van der Waals surface area contributed by atoms with Crippen LogP contribution in [0, 0.1) is 5.92 Å². The Morgan fingerprint density at radius 1 is 1.41 bits per heavy atom. The summed E-state index contributed by atoms with van der Waals surface area (Å²) in [4.78, 5) is 6.92. The van der Waals surface area contributed by atoms with Crippen LogP contribution in [-0.2, 0) is 24.3 Å². The number of rotatable bonds is 4. The molecule has 3 nitrogen and oxygen atoms in total. The van der Waals surface area contributed by atoms with Crippen molar-refractivity contribution in [1.82, 2.24) is 9.88 Å². The van der Waals surface area contributed by atoms with Crippen molar-refractivity contribution in [2.45, 2.75) is 32.4 Å². The summed E-state index contributed by atoms with van der Waals surface area (Å²) in [5.74, 6) is 0.978. The van der Waals surface area contributed by atoms with Gasteiger partial charge in [0.2, 0.25) is 0 Å². The van der Waals surface area contributed by atoms with Crippen molar-refractivity contribution < 1.29 is 4.74 Å². The van der Waals surface area contributed by atoms with Crippen LogP contribution in [0.25, 0.3) is 0 Å². The molecule has 2 aliphatic rings. The highest BCUT2D eigenvalue weighted by molar-refractivity contribution is 5.33. The number of methoxy groups -OCH3 is 1. The largest absolute Gasteiger partial charge is 0.380 e. The van der Waals surface area contributed by atoms with Crippen molar-refractivity contribution in [3.05, 3.63) is 29.1 Å². The Balaban J connectivity index is 1.75. The van der Waals surface area contributed by atoms with E-state index < -0.39 is 0 Å². The lowest BCUT2D eigenvalue weighted by atomic mass is 9.97. The SMILES string of the molecule is COCc1cncc2c1CCN(CC1CC1)C2. The highest BCUT2D eigenvalue weighted by Crippen LogP contribution is 2.31. The molecule has 1 aliphatic carbocycles. The fourth-order valence-corrected chi connectivity index (χ4v) is 2.73. The van der Waals surface area contributed by atoms with Gasteiger partial charge in [-0.2, -0.15) is 0 Å². The summed E-state index contributed by atoms with van der Waals surface area (Å²) in [6.07, 6.45) is 8.02. The molecule has 0 radical (unpaired) electrons. The van der Waals surface area contributed by atoms with E-state index in [0.717, 1.165) is 18.9 Å². The molecule has 1 aromatic heterocycles. The van der Waals surface area contributed by atoms with Gasteiger partial charge in [0, 0.05) is 39.1 Å². The van der Waals surface area contributed by atoms with Crippen molar-refractivity contribution in [2.75, 3.05) is 20.2 Å². The van der Waals surface area contributed by atoms with Gasteiger partial charge in [0.05, 0.1) is 6.61 Å². The van der Waals surface area contributed by atoms with Crippen LogP contribution in [0.4, 0.5) is 0 Å². The van der Waals surface area contributed by atoms with Crippen molar-refractivity contribution in [2.24, 2.45) is 5.92 Å². The van der Waals surface area contributed by atoms with E-state index in [9.17, 15) is 0 Å². The van der Waals surface area contributed by atoms with Gasteiger partial charge in [-0.1, -0.05) is 0 Å². The first-order valence-corrected chi connectivity index (χ1v) is 6.52. The van der Waals surface area contributed by atoms with E-state index in [1.807, 2.05) is 12.4 Å². The maximum absolute atomic E-state index is 5.24. The Morgan fingerprint density at radius 3 is 3.06 bits per heavy atom. The normalized spacial score (nSPS) is 20.3. The number of ether oxygens (including phenoxy) is 1. The minimum atomic E-state index is 0.693. The maximum Gasteiger partial charge on any atom is 0.0730 e. The highest BCUT2D eigenvalue weighted by atomic mass is 16.5. The van der Waals surface area contributed by atoms with Gasteiger partial charge in [0.15, 0.2) is 0 Å². The number of hydrogen-bond donors (Lipinski definition) is 0. The number of nitrogens with zero attached hydrogens (tertiary/aromatic N) is 2. The molecule has 2 heterocycles. The third kappa shape index (κ3) is 2.50. The summed E-state index contributed by atoms with van der Waals surface area (Å²) < 4.78 is 5.24. The Labute approximate surface area is 103 Å². The van der Waals surface area contributed by atoms with Gasteiger partial charge in [0.1, 0.15) is 0 Å². The molecule has 0 amide bonds. The van der Waals surface area contributed by atoms with E-state index in [1.54, 1.807) is 7.11 Å². The Hall–Kier alpha value is -0.930. The van der Waals surface area contributed by atoms with E-state index in [4.69, 9.17) is 4.74 Å². The van der Waals surface area contributed by atoms with E-state index in [0.29, 0.717) is 6.61 Å². The third-order valence-electron chi connectivity index (χ3n) is 3.82. The fourth-order valence-electron chi connectivity index (χ4n) is 2.73. The van der Waals surface area contributed by atoms with Gasteiger partial charge in [-0.15, -0.1) is 0 Å². The van der Waals surface area contributed by atoms with E-state index in [-0.39, 0.29) is 0 Å². The third-order valence-corrected chi connectivity index (χ3v) is 3.82. The van der Waals surface area contributed by atoms with Gasteiger partial charge in [-0.25, -0.2) is 0 Å². The summed E-state index contributed by atoms with van der Waals surface area (Å²) >= 11 is 0. The van der Waals surface area contributed by atoms with Crippen LogP contribution in [0.1, 0.15) is 29.5 Å². The predicted molar refractivity (Wildman–Crippen MR) is 66.7 cm³/mol. The first-order chi connectivity index (χ1) is 8.36. The summed E-state index contributed by atoms with van der Waals surface area (Å²) in [6.45, 7) is 4.26. The first kappa shape index (κ1) is 11.2. The zero-order valence-electron chi connectivity index (χ0n) is 10.5. The monoisotopic (exact) mass is 232 g/mol. The summed E-state index contributed by atoms with van der Waals surface area (Å²) in [7, 11) is 1.75. The lowest BCUT2D eigenvalue weighted by Crippen LogP contribution is -2.32. The zero-order valence-corrected chi connectivity index (χ0v) is 10.5. The van der Waals surface area contributed by atoms with Crippen LogP contribution in [0.2, 0.25) is 0 Å². The number of hydrogen-bond acceptors (Lipinski definition) is 3. The molecular formula is C14H20N2O. The van der Waals surface area contributed by atoms with Crippen LogP contribution in [-0.4, -0.2) is 30.1 Å². The van der Waals surface area contributed by atoms with Crippen molar-refractivity contribution in [3.63, 3.8) is 0 Å². The molecule has 17 heavy (non-hydrogen) atoms. The van der Waals surface area contributed by atoms with Gasteiger partial charge in [-0.05, 0) is 41.9 Å². The van der Waals surface area contributed by atoms with Crippen molar-refractivity contribution in [3.8, 4) is 0 Å². The molecule has 92 valence electrons. The van der Waals surface area contributed by atoms with Gasteiger partial charge in [-0.3, -0.25) is 9.88 Å². The van der Waals surface area contributed by atoms with Gasteiger partial charge < -0.3 is 4.74 Å². The minimum Gasteiger partial charge on any atom is -0.380 e. The standard InChI is InChI=1S/C14H20N2O/c1-17-10-13-7-15-6-12-9-16(5-4-14(12)13)8-11-2-3-11/h6-7,11H,2-5,8-10H2,1H3. The van der Waals surface area contributed by atoms with Crippen LogP contribution >= 0.6 is 0 Å². The van der Waals surface area contributed by atoms with Crippen molar-refractivity contribution in [1.29, 1.82) is 0 Å². The van der Waals surface area contributed by atoms with E-state index >= 15 is 0 Å². The summed E-state index contributed by atoms with van der Waals surface area (Å²) in [5.41, 5.74) is 4.16. The van der Waals surface area contributed by atoms with Crippen LogP contribution in [0.15, 0.2) is 12.4 Å². The van der Waals surface area contributed by atoms with Crippen molar-refractivity contribution >= 4 is 0 Å². The topological polar surface area (TPSA) is 25.4 Å². The molecule has 0 atom stereocenters. The molecule has 3 heteroatoms. The molecule has 0 bridgehead atoms. The molecule has 0 aromatic carbocycles. The average molecular weight is 232 g/mol. The number of aromatic nitrogens is 1. The molecular weight excluding hydrogens is 212 g/mol. The lowest BCUT2D eigenvalue weighted by molar-refractivity contribution is 0.181. The Morgan fingerprint density at radius 2 is 2.29 bits per heavy atom. The second kappa shape index (κ2) is 4.75. The van der Waals surface area contributed by atoms with E-state index in [1.165, 1.54) is 42.6 Å². The molecule has 0 unspecified atom stereocenters. The molecule has 1 fully saturated rings. The Bertz CT molecular complexity index is 401. The molecule has 1 saturated carbocycles. The average Bonchev–Trinajstić information content (AvgIpc) is 3.13. The molecule has 0 spiro atoms. The number of pyridine rings is 1. The summed E-state index contributed by atoms with van der Waals surface area (Å²) in [6, 6.07) is 0. The minimum absolute atomic E-state index is 0.693. The van der Waals surface area contributed by atoms with Crippen LogP contribution < -0.4 is 0 Å².